The van der Waals surface area contributed by atoms with E-state index in [4.69, 9.17) is 4.74 Å². The van der Waals surface area contributed by atoms with E-state index in [9.17, 15) is 4.39 Å². The second-order valence-electron chi connectivity index (χ2n) is 5.53. The van der Waals surface area contributed by atoms with Crippen LogP contribution in [0.2, 0.25) is 0 Å². The number of hydrogen-bond donors (Lipinski definition) is 1. The van der Waals surface area contributed by atoms with Gasteiger partial charge in [-0.1, -0.05) is 31.4 Å². The lowest BCUT2D eigenvalue weighted by Gasteiger charge is -2.44. The monoisotopic (exact) mass is 249 g/mol. The van der Waals surface area contributed by atoms with Crippen LogP contribution >= 0.6 is 0 Å². The minimum absolute atomic E-state index is 0.0234. The molecule has 3 rings (SSSR count). The lowest BCUT2D eigenvalue weighted by molar-refractivity contribution is -0.135. The van der Waals surface area contributed by atoms with Gasteiger partial charge in [-0.05, 0) is 30.5 Å². The van der Waals surface area contributed by atoms with Crippen molar-refractivity contribution in [2.75, 3.05) is 13.1 Å². The van der Waals surface area contributed by atoms with Gasteiger partial charge in [0.1, 0.15) is 5.82 Å². The fourth-order valence-electron chi connectivity index (χ4n) is 3.17. The van der Waals surface area contributed by atoms with Crippen LogP contribution in [0.5, 0.6) is 0 Å². The molecule has 1 saturated carbocycles. The number of rotatable bonds is 1. The summed E-state index contributed by atoms with van der Waals surface area (Å²) < 4.78 is 19.3. The molecule has 1 atom stereocenters. The van der Waals surface area contributed by atoms with Crippen LogP contribution in [0.3, 0.4) is 0 Å². The van der Waals surface area contributed by atoms with Crippen LogP contribution in [-0.4, -0.2) is 18.7 Å². The maximum atomic E-state index is 12.9. The SMILES string of the molecule is Fc1ccc(C2CNCC3(CCCCC3)O2)cc1. The third-order valence-corrected chi connectivity index (χ3v) is 4.18. The molecule has 0 bridgehead atoms. The Morgan fingerprint density at radius 2 is 1.83 bits per heavy atom. The second-order valence-corrected chi connectivity index (χ2v) is 5.53. The lowest BCUT2D eigenvalue weighted by Crippen LogP contribution is -2.51. The predicted octanol–water partition coefficient (Wildman–Crippen LogP) is 3.19. The van der Waals surface area contributed by atoms with Crippen LogP contribution in [0, 0.1) is 5.82 Å². The zero-order valence-electron chi connectivity index (χ0n) is 10.6. The van der Waals surface area contributed by atoms with Crippen molar-refractivity contribution in [1.82, 2.24) is 5.32 Å². The summed E-state index contributed by atoms with van der Waals surface area (Å²) in [4.78, 5) is 0. The number of nitrogens with one attached hydrogen (secondary N) is 1. The lowest BCUT2D eigenvalue weighted by atomic mass is 9.83. The Labute approximate surface area is 108 Å². The van der Waals surface area contributed by atoms with Crippen molar-refractivity contribution in [1.29, 1.82) is 0 Å². The number of halogens is 1. The van der Waals surface area contributed by atoms with Crippen LogP contribution in [0.1, 0.15) is 43.8 Å². The molecular weight excluding hydrogens is 229 g/mol. The summed E-state index contributed by atoms with van der Waals surface area (Å²) in [6, 6.07) is 6.70. The van der Waals surface area contributed by atoms with E-state index in [2.05, 4.69) is 5.32 Å². The summed E-state index contributed by atoms with van der Waals surface area (Å²) >= 11 is 0. The Kier molecular flexibility index (Phi) is 3.35. The molecular formula is C15H20FNO. The molecule has 1 heterocycles. The van der Waals surface area contributed by atoms with E-state index in [0.717, 1.165) is 31.5 Å². The largest absolute Gasteiger partial charge is 0.364 e. The topological polar surface area (TPSA) is 21.3 Å². The number of benzene rings is 1. The van der Waals surface area contributed by atoms with E-state index in [1.54, 1.807) is 0 Å². The maximum absolute atomic E-state index is 12.9. The van der Waals surface area contributed by atoms with Gasteiger partial charge in [-0.25, -0.2) is 4.39 Å². The molecule has 1 N–H and O–H groups in total. The van der Waals surface area contributed by atoms with E-state index >= 15 is 0 Å². The first kappa shape index (κ1) is 12.1. The molecule has 98 valence electrons. The average molecular weight is 249 g/mol. The summed E-state index contributed by atoms with van der Waals surface area (Å²) in [5.41, 5.74) is 1.10. The Balaban J connectivity index is 1.75. The second kappa shape index (κ2) is 4.98. The third kappa shape index (κ3) is 2.43. The molecule has 1 aromatic rings. The Morgan fingerprint density at radius 3 is 2.56 bits per heavy atom. The highest BCUT2D eigenvalue weighted by Crippen LogP contribution is 2.37. The minimum atomic E-state index is -0.185. The Bertz CT molecular complexity index is 392. The molecule has 2 nitrogen and oxygen atoms in total. The fourth-order valence-corrected chi connectivity index (χ4v) is 3.17. The summed E-state index contributed by atoms with van der Waals surface area (Å²) in [6.07, 6.45) is 6.22. The van der Waals surface area contributed by atoms with Crippen molar-refractivity contribution in [3.8, 4) is 0 Å². The van der Waals surface area contributed by atoms with Crippen molar-refractivity contribution < 1.29 is 9.13 Å². The molecule has 1 unspecified atom stereocenters. The molecule has 2 aliphatic rings. The molecule has 0 amide bonds. The molecule has 3 heteroatoms. The van der Waals surface area contributed by atoms with Crippen LogP contribution in [0.4, 0.5) is 4.39 Å². The van der Waals surface area contributed by atoms with Gasteiger partial charge in [-0.3, -0.25) is 0 Å². The first-order chi connectivity index (χ1) is 8.77. The molecule has 1 aliphatic heterocycles. The average Bonchev–Trinajstić information content (AvgIpc) is 2.40. The summed E-state index contributed by atoms with van der Waals surface area (Å²) in [7, 11) is 0. The van der Waals surface area contributed by atoms with Gasteiger partial charge in [0.05, 0.1) is 11.7 Å². The van der Waals surface area contributed by atoms with E-state index < -0.39 is 0 Å². The number of ether oxygens (including phenoxy) is 1. The van der Waals surface area contributed by atoms with E-state index in [-0.39, 0.29) is 17.5 Å². The van der Waals surface area contributed by atoms with Gasteiger partial charge in [0.15, 0.2) is 0 Å². The fraction of sp³-hybridized carbons (Fsp3) is 0.600. The Hall–Kier alpha value is -0.930. The zero-order valence-corrected chi connectivity index (χ0v) is 10.6. The highest BCUT2D eigenvalue weighted by molar-refractivity contribution is 5.20. The van der Waals surface area contributed by atoms with Gasteiger partial charge < -0.3 is 10.1 Å². The van der Waals surface area contributed by atoms with Crippen molar-refractivity contribution in [2.45, 2.75) is 43.8 Å². The summed E-state index contributed by atoms with van der Waals surface area (Å²) in [6.45, 7) is 1.79. The molecule has 0 radical (unpaired) electrons. The van der Waals surface area contributed by atoms with Crippen molar-refractivity contribution in [3.05, 3.63) is 35.6 Å². The molecule has 0 aromatic heterocycles. The first-order valence-electron chi connectivity index (χ1n) is 6.91. The van der Waals surface area contributed by atoms with Gasteiger partial charge >= 0.3 is 0 Å². The van der Waals surface area contributed by atoms with Crippen LogP contribution in [0.25, 0.3) is 0 Å². The first-order valence-corrected chi connectivity index (χ1v) is 6.91. The van der Waals surface area contributed by atoms with E-state index in [0.29, 0.717) is 0 Å². The smallest absolute Gasteiger partial charge is 0.123 e. The van der Waals surface area contributed by atoms with E-state index in [1.807, 2.05) is 12.1 Å². The van der Waals surface area contributed by atoms with Gasteiger partial charge in [-0.2, -0.15) is 0 Å². The normalized spacial score (nSPS) is 27.3. The van der Waals surface area contributed by atoms with Gasteiger partial charge in [0.2, 0.25) is 0 Å². The van der Waals surface area contributed by atoms with Crippen molar-refractivity contribution in [2.24, 2.45) is 0 Å². The third-order valence-electron chi connectivity index (χ3n) is 4.18. The summed E-state index contributed by atoms with van der Waals surface area (Å²) in [5.74, 6) is -0.185. The highest BCUT2D eigenvalue weighted by Gasteiger charge is 2.38. The quantitative estimate of drug-likeness (QED) is 0.825. The van der Waals surface area contributed by atoms with Gasteiger partial charge in [0.25, 0.3) is 0 Å². The number of hydrogen-bond acceptors (Lipinski definition) is 2. The predicted molar refractivity (Wildman–Crippen MR) is 68.9 cm³/mol. The van der Waals surface area contributed by atoms with Crippen LogP contribution in [0.15, 0.2) is 24.3 Å². The zero-order chi connectivity index (χ0) is 12.4. The van der Waals surface area contributed by atoms with Crippen molar-refractivity contribution >= 4 is 0 Å². The minimum Gasteiger partial charge on any atom is -0.364 e. The molecule has 1 aliphatic carbocycles. The van der Waals surface area contributed by atoms with Gasteiger partial charge in [-0.15, -0.1) is 0 Å². The Morgan fingerprint density at radius 1 is 1.11 bits per heavy atom. The molecule has 2 fully saturated rings. The van der Waals surface area contributed by atoms with Gasteiger partial charge in [0, 0.05) is 13.1 Å². The molecule has 1 aromatic carbocycles. The van der Waals surface area contributed by atoms with E-state index in [1.165, 1.54) is 31.4 Å². The maximum Gasteiger partial charge on any atom is 0.123 e. The van der Waals surface area contributed by atoms with Crippen LogP contribution < -0.4 is 5.32 Å². The standard InChI is InChI=1S/C15H20FNO/c16-13-6-4-12(5-7-13)14-10-17-11-15(18-14)8-2-1-3-9-15/h4-7,14,17H,1-3,8-11H2. The summed E-state index contributed by atoms with van der Waals surface area (Å²) in [5, 5.41) is 3.49. The highest BCUT2D eigenvalue weighted by atomic mass is 19.1. The number of morpholine rings is 1. The molecule has 18 heavy (non-hydrogen) atoms. The molecule has 1 saturated heterocycles. The molecule has 1 spiro atoms. The van der Waals surface area contributed by atoms with Crippen molar-refractivity contribution in [3.63, 3.8) is 0 Å². The van der Waals surface area contributed by atoms with Crippen LogP contribution in [-0.2, 0) is 4.74 Å².